The van der Waals surface area contributed by atoms with Crippen LogP contribution in [-0.2, 0) is 19.4 Å². The predicted molar refractivity (Wildman–Crippen MR) is 99.7 cm³/mol. The Hall–Kier alpha value is -1.61. The van der Waals surface area contributed by atoms with Crippen LogP contribution in [0.3, 0.4) is 0 Å². The average Bonchev–Trinajstić information content (AvgIpc) is 2.91. The first-order valence-electron chi connectivity index (χ1n) is 8.24. The Morgan fingerprint density at radius 1 is 1.38 bits per heavy atom. The van der Waals surface area contributed by atoms with Crippen LogP contribution in [0.4, 0.5) is 0 Å². The van der Waals surface area contributed by atoms with Crippen LogP contribution >= 0.6 is 15.9 Å². The SMILES string of the molecule is CC(C)CN(C(=O)COC(=O)c1cc(Br)ccc1O)C1CCS(=O)(=O)C1. The van der Waals surface area contributed by atoms with E-state index in [0.717, 1.165) is 0 Å². The highest BCUT2D eigenvalue weighted by molar-refractivity contribution is 9.10. The Bertz CT molecular complexity index is 792. The predicted octanol–water partition coefficient (Wildman–Crippen LogP) is 1.98. The van der Waals surface area contributed by atoms with Gasteiger partial charge >= 0.3 is 5.97 Å². The van der Waals surface area contributed by atoms with Gasteiger partial charge in [0.1, 0.15) is 11.3 Å². The molecule has 1 unspecified atom stereocenters. The van der Waals surface area contributed by atoms with Crippen LogP contribution in [0.2, 0.25) is 0 Å². The fourth-order valence-electron chi connectivity index (χ4n) is 2.83. The number of amides is 1. The molecule has 1 aromatic rings. The number of sulfone groups is 1. The lowest BCUT2D eigenvalue weighted by molar-refractivity contribution is -0.137. The van der Waals surface area contributed by atoms with Crippen molar-refractivity contribution in [2.24, 2.45) is 5.92 Å². The second kappa shape index (κ2) is 8.39. The van der Waals surface area contributed by atoms with Crippen molar-refractivity contribution in [2.75, 3.05) is 24.7 Å². The molecule has 0 bridgehead atoms. The summed E-state index contributed by atoms with van der Waals surface area (Å²) in [6.07, 6.45) is 0.390. The number of esters is 1. The molecule has 7 nitrogen and oxygen atoms in total. The zero-order valence-corrected chi connectivity index (χ0v) is 17.0. The van der Waals surface area contributed by atoms with Gasteiger partial charge in [0.2, 0.25) is 0 Å². The lowest BCUT2D eigenvalue weighted by Crippen LogP contribution is -2.45. The van der Waals surface area contributed by atoms with Crippen LogP contribution in [-0.4, -0.2) is 61.0 Å². The topological polar surface area (TPSA) is 101 Å². The van der Waals surface area contributed by atoms with Gasteiger partial charge in [-0.05, 0) is 30.5 Å². The molecule has 1 aliphatic rings. The van der Waals surface area contributed by atoms with E-state index in [4.69, 9.17) is 4.74 Å². The highest BCUT2D eigenvalue weighted by Gasteiger charge is 2.35. The Morgan fingerprint density at radius 3 is 2.65 bits per heavy atom. The summed E-state index contributed by atoms with van der Waals surface area (Å²) in [5.74, 6) is -1.36. The van der Waals surface area contributed by atoms with Gasteiger partial charge in [0.15, 0.2) is 16.4 Å². The molecule has 0 radical (unpaired) electrons. The van der Waals surface area contributed by atoms with Crippen molar-refractivity contribution >= 4 is 37.6 Å². The maximum absolute atomic E-state index is 12.5. The maximum atomic E-state index is 12.5. The van der Waals surface area contributed by atoms with Gasteiger partial charge in [-0.1, -0.05) is 29.8 Å². The normalized spacial score (nSPS) is 18.7. The van der Waals surface area contributed by atoms with E-state index < -0.39 is 34.4 Å². The van der Waals surface area contributed by atoms with Gasteiger partial charge in [-0.2, -0.15) is 0 Å². The minimum Gasteiger partial charge on any atom is -0.507 e. The molecule has 0 aromatic heterocycles. The van der Waals surface area contributed by atoms with Gasteiger partial charge in [0.25, 0.3) is 5.91 Å². The molecular weight excluding hydrogens is 426 g/mol. The van der Waals surface area contributed by atoms with Crippen molar-refractivity contribution in [2.45, 2.75) is 26.3 Å². The number of benzene rings is 1. The first-order valence-corrected chi connectivity index (χ1v) is 10.9. The molecule has 144 valence electrons. The molecular formula is C17H22BrNO6S. The van der Waals surface area contributed by atoms with Crippen molar-refractivity contribution in [1.29, 1.82) is 0 Å². The second-order valence-corrected chi connectivity index (χ2v) is 9.88. The van der Waals surface area contributed by atoms with Crippen LogP contribution in [0.15, 0.2) is 22.7 Å². The molecule has 0 saturated carbocycles. The third-order valence-corrected chi connectivity index (χ3v) is 6.28. The van der Waals surface area contributed by atoms with E-state index in [9.17, 15) is 23.1 Å². The Labute approximate surface area is 161 Å². The molecule has 1 fully saturated rings. The standard InChI is InChI=1S/C17H22BrNO6S/c1-11(2)8-19(13-5-6-26(23,24)10-13)16(21)9-25-17(22)14-7-12(18)3-4-15(14)20/h3-4,7,11,13,20H,5-6,8-10H2,1-2H3. The Kier molecular flexibility index (Phi) is 6.68. The summed E-state index contributed by atoms with van der Waals surface area (Å²) in [5, 5.41) is 9.75. The van der Waals surface area contributed by atoms with Gasteiger partial charge < -0.3 is 14.7 Å². The first-order chi connectivity index (χ1) is 12.1. The van der Waals surface area contributed by atoms with Crippen LogP contribution in [0.25, 0.3) is 0 Å². The number of carbonyl (C=O) groups is 2. The molecule has 9 heteroatoms. The summed E-state index contributed by atoms with van der Waals surface area (Å²) in [4.78, 5) is 26.2. The van der Waals surface area contributed by atoms with E-state index in [1.165, 1.54) is 17.0 Å². The van der Waals surface area contributed by atoms with E-state index in [2.05, 4.69) is 15.9 Å². The van der Waals surface area contributed by atoms with Gasteiger partial charge in [-0.15, -0.1) is 0 Å². The van der Waals surface area contributed by atoms with Crippen molar-refractivity contribution in [3.63, 3.8) is 0 Å². The number of hydrogen-bond donors (Lipinski definition) is 1. The summed E-state index contributed by atoms with van der Waals surface area (Å²) in [5.41, 5.74) is -0.0500. The summed E-state index contributed by atoms with van der Waals surface area (Å²) in [6.45, 7) is 3.73. The van der Waals surface area contributed by atoms with Crippen molar-refractivity contribution in [3.05, 3.63) is 28.2 Å². The van der Waals surface area contributed by atoms with Crippen molar-refractivity contribution in [1.82, 2.24) is 4.90 Å². The third kappa shape index (κ3) is 5.44. The molecule has 1 aromatic carbocycles. The number of phenolic OH excluding ortho intramolecular Hbond substituents is 1. The number of carbonyl (C=O) groups excluding carboxylic acids is 2. The summed E-state index contributed by atoms with van der Waals surface area (Å²) >= 11 is 3.20. The number of rotatable bonds is 6. The van der Waals surface area contributed by atoms with E-state index >= 15 is 0 Å². The van der Waals surface area contributed by atoms with Gasteiger partial charge in [-0.3, -0.25) is 4.79 Å². The zero-order valence-electron chi connectivity index (χ0n) is 14.6. The van der Waals surface area contributed by atoms with E-state index in [1.54, 1.807) is 6.07 Å². The monoisotopic (exact) mass is 447 g/mol. The lowest BCUT2D eigenvalue weighted by atomic mass is 10.1. The number of halogens is 1. The van der Waals surface area contributed by atoms with Crippen molar-refractivity contribution < 1.29 is 27.9 Å². The molecule has 0 aliphatic carbocycles. The van der Waals surface area contributed by atoms with E-state index in [0.29, 0.717) is 17.4 Å². The summed E-state index contributed by atoms with van der Waals surface area (Å²) < 4.78 is 29.1. The fourth-order valence-corrected chi connectivity index (χ4v) is 4.92. The quantitative estimate of drug-likeness (QED) is 0.668. The number of aromatic hydroxyl groups is 1. The first kappa shape index (κ1) is 20.7. The molecule has 2 rings (SSSR count). The number of nitrogens with zero attached hydrogens (tertiary/aromatic N) is 1. The van der Waals surface area contributed by atoms with Gasteiger partial charge in [0.05, 0.1) is 11.5 Å². The van der Waals surface area contributed by atoms with Crippen molar-refractivity contribution in [3.8, 4) is 5.75 Å². The molecule has 1 saturated heterocycles. The molecule has 1 aliphatic heterocycles. The number of ether oxygens (including phenoxy) is 1. The van der Waals surface area contributed by atoms with Gasteiger partial charge in [-0.25, -0.2) is 13.2 Å². The largest absolute Gasteiger partial charge is 0.507 e. The summed E-state index contributed by atoms with van der Waals surface area (Å²) in [7, 11) is -3.13. The van der Waals surface area contributed by atoms with Crippen LogP contribution in [0, 0.1) is 5.92 Å². The molecule has 26 heavy (non-hydrogen) atoms. The number of hydrogen-bond acceptors (Lipinski definition) is 6. The third-order valence-electron chi connectivity index (χ3n) is 4.04. The second-order valence-electron chi connectivity index (χ2n) is 6.73. The highest BCUT2D eigenvalue weighted by Crippen LogP contribution is 2.23. The zero-order chi connectivity index (χ0) is 19.5. The van der Waals surface area contributed by atoms with E-state index in [-0.39, 0.29) is 28.7 Å². The lowest BCUT2D eigenvalue weighted by Gasteiger charge is -2.29. The fraction of sp³-hybridized carbons (Fsp3) is 0.529. The minimum atomic E-state index is -3.13. The Balaban J connectivity index is 2.05. The Morgan fingerprint density at radius 2 is 2.08 bits per heavy atom. The highest BCUT2D eigenvalue weighted by atomic mass is 79.9. The smallest absolute Gasteiger partial charge is 0.342 e. The van der Waals surface area contributed by atoms with Gasteiger partial charge in [0, 0.05) is 17.1 Å². The minimum absolute atomic E-state index is 0.0500. The maximum Gasteiger partial charge on any atom is 0.342 e. The molecule has 0 spiro atoms. The van der Waals surface area contributed by atoms with Crippen LogP contribution in [0.1, 0.15) is 30.6 Å². The molecule has 1 atom stereocenters. The average molecular weight is 448 g/mol. The molecule has 1 N–H and O–H groups in total. The van der Waals surface area contributed by atoms with E-state index in [1.807, 2.05) is 13.8 Å². The summed E-state index contributed by atoms with van der Waals surface area (Å²) in [6, 6.07) is 3.92. The van der Waals surface area contributed by atoms with Crippen LogP contribution < -0.4 is 0 Å². The van der Waals surface area contributed by atoms with Crippen LogP contribution in [0.5, 0.6) is 5.75 Å². The molecule has 1 amide bonds. The molecule has 1 heterocycles. The number of phenols is 1.